The van der Waals surface area contributed by atoms with Crippen LogP contribution in [0.4, 0.5) is 0 Å². The predicted octanol–water partition coefficient (Wildman–Crippen LogP) is 2.95. The van der Waals surface area contributed by atoms with Gasteiger partial charge < -0.3 is 10.1 Å². The first-order valence-electron chi connectivity index (χ1n) is 7.05. The first-order chi connectivity index (χ1) is 9.76. The molecular formula is C16H23N3O. The van der Waals surface area contributed by atoms with Crippen molar-refractivity contribution in [2.24, 2.45) is 0 Å². The second-order valence-electron chi connectivity index (χ2n) is 4.97. The number of nitrogens with zero attached hydrogens (tertiary/aromatic N) is 2. The summed E-state index contributed by atoms with van der Waals surface area (Å²) in [6, 6.07) is 12.6. The van der Waals surface area contributed by atoms with Crippen LogP contribution in [0, 0.1) is 0 Å². The van der Waals surface area contributed by atoms with E-state index in [1.165, 1.54) is 5.69 Å². The fourth-order valence-electron chi connectivity index (χ4n) is 2.32. The van der Waals surface area contributed by atoms with E-state index in [0.717, 1.165) is 18.5 Å². The Morgan fingerprint density at radius 2 is 1.95 bits per heavy atom. The van der Waals surface area contributed by atoms with E-state index in [1.54, 1.807) is 7.11 Å². The van der Waals surface area contributed by atoms with E-state index in [2.05, 4.69) is 35.5 Å². The number of nitrogens with one attached hydrogen (secondary N) is 1. The summed E-state index contributed by atoms with van der Waals surface area (Å²) in [5.74, 6) is 0. The molecule has 108 valence electrons. The van der Waals surface area contributed by atoms with Crippen LogP contribution in [0.3, 0.4) is 0 Å². The molecule has 2 unspecified atom stereocenters. The summed E-state index contributed by atoms with van der Waals surface area (Å²) >= 11 is 0. The summed E-state index contributed by atoms with van der Waals surface area (Å²) in [6.45, 7) is 2.10. The van der Waals surface area contributed by atoms with Crippen molar-refractivity contribution in [2.75, 3.05) is 14.2 Å². The molecule has 0 spiro atoms. The Bertz CT molecular complexity index is 509. The van der Waals surface area contributed by atoms with Crippen LogP contribution in [0.15, 0.2) is 42.6 Å². The van der Waals surface area contributed by atoms with Crippen molar-refractivity contribution in [2.45, 2.75) is 31.9 Å². The quantitative estimate of drug-likeness (QED) is 0.843. The standard InChI is InChI=1S/C16H23N3O/c1-13(20-3)9-10-15(17-2)16-11-12-18-19(16)14-7-5-4-6-8-14/h4-8,11-13,15,17H,9-10H2,1-3H3. The van der Waals surface area contributed by atoms with Crippen molar-refractivity contribution in [3.63, 3.8) is 0 Å². The van der Waals surface area contributed by atoms with Gasteiger partial charge in [0.1, 0.15) is 0 Å². The lowest BCUT2D eigenvalue weighted by Crippen LogP contribution is -2.21. The molecule has 0 saturated heterocycles. The molecule has 0 bridgehead atoms. The minimum absolute atomic E-state index is 0.273. The van der Waals surface area contributed by atoms with Crippen LogP contribution in [-0.2, 0) is 4.74 Å². The third kappa shape index (κ3) is 3.46. The van der Waals surface area contributed by atoms with E-state index in [0.29, 0.717) is 0 Å². The van der Waals surface area contributed by atoms with Crippen molar-refractivity contribution in [1.82, 2.24) is 15.1 Å². The van der Waals surface area contributed by atoms with Gasteiger partial charge in [-0.1, -0.05) is 18.2 Å². The highest BCUT2D eigenvalue weighted by molar-refractivity contribution is 5.33. The second-order valence-corrected chi connectivity index (χ2v) is 4.97. The van der Waals surface area contributed by atoms with Crippen molar-refractivity contribution < 1.29 is 4.74 Å². The van der Waals surface area contributed by atoms with Gasteiger partial charge in [-0.15, -0.1) is 0 Å². The van der Waals surface area contributed by atoms with Gasteiger partial charge in [0.15, 0.2) is 0 Å². The van der Waals surface area contributed by atoms with Gasteiger partial charge in [0.05, 0.1) is 17.5 Å². The lowest BCUT2D eigenvalue weighted by atomic mass is 10.1. The topological polar surface area (TPSA) is 39.1 Å². The Balaban J connectivity index is 2.17. The summed E-state index contributed by atoms with van der Waals surface area (Å²) in [7, 11) is 3.75. The van der Waals surface area contributed by atoms with Crippen LogP contribution in [0.1, 0.15) is 31.5 Å². The average Bonchev–Trinajstić information content (AvgIpc) is 2.98. The van der Waals surface area contributed by atoms with Gasteiger partial charge in [-0.25, -0.2) is 4.68 Å². The summed E-state index contributed by atoms with van der Waals surface area (Å²) in [6.07, 6.45) is 4.16. The molecule has 20 heavy (non-hydrogen) atoms. The molecule has 2 atom stereocenters. The van der Waals surface area contributed by atoms with Crippen molar-refractivity contribution in [3.05, 3.63) is 48.3 Å². The van der Waals surface area contributed by atoms with E-state index in [9.17, 15) is 0 Å². The Kier molecular flexibility index (Phi) is 5.32. The number of rotatable bonds is 7. The maximum Gasteiger partial charge on any atom is 0.0649 e. The fraction of sp³-hybridized carbons (Fsp3) is 0.438. The molecule has 4 heteroatoms. The van der Waals surface area contributed by atoms with Gasteiger partial charge >= 0.3 is 0 Å². The minimum Gasteiger partial charge on any atom is -0.382 e. The Hall–Kier alpha value is -1.65. The molecule has 0 saturated carbocycles. The second kappa shape index (κ2) is 7.22. The van der Waals surface area contributed by atoms with Crippen LogP contribution in [0.2, 0.25) is 0 Å². The molecule has 2 rings (SSSR count). The maximum absolute atomic E-state index is 5.33. The zero-order valence-corrected chi connectivity index (χ0v) is 12.4. The molecule has 0 amide bonds. The van der Waals surface area contributed by atoms with Crippen LogP contribution in [0.5, 0.6) is 0 Å². The van der Waals surface area contributed by atoms with Crippen LogP contribution in [-0.4, -0.2) is 30.0 Å². The molecule has 0 aliphatic carbocycles. The molecular weight excluding hydrogens is 250 g/mol. The molecule has 1 aromatic carbocycles. The molecule has 2 aromatic rings. The van der Waals surface area contributed by atoms with E-state index in [-0.39, 0.29) is 12.1 Å². The van der Waals surface area contributed by atoms with E-state index < -0.39 is 0 Å². The number of benzene rings is 1. The highest BCUT2D eigenvalue weighted by atomic mass is 16.5. The zero-order chi connectivity index (χ0) is 14.4. The van der Waals surface area contributed by atoms with Gasteiger partial charge in [0.25, 0.3) is 0 Å². The van der Waals surface area contributed by atoms with Crippen molar-refractivity contribution in [3.8, 4) is 5.69 Å². The van der Waals surface area contributed by atoms with E-state index in [1.807, 2.05) is 36.1 Å². The first kappa shape index (κ1) is 14.8. The normalized spacial score (nSPS) is 14.2. The molecule has 0 fully saturated rings. The zero-order valence-electron chi connectivity index (χ0n) is 12.4. The number of methoxy groups -OCH3 is 1. The summed E-state index contributed by atoms with van der Waals surface area (Å²) in [5, 5.41) is 7.83. The molecule has 0 aliphatic heterocycles. The molecule has 0 radical (unpaired) electrons. The summed E-state index contributed by atoms with van der Waals surface area (Å²) in [4.78, 5) is 0. The number of hydrogen-bond donors (Lipinski definition) is 1. The van der Waals surface area contributed by atoms with Gasteiger partial charge in [-0.05, 0) is 45.0 Å². The van der Waals surface area contributed by atoms with Crippen LogP contribution >= 0.6 is 0 Å². The van der Waals surface area contributed by atoms with Crippen molar-refractivity contribution in [1.29, 1.82) is 0 Å². The van der Waals surface area contributed by atoms with Crippen LogP contribution < -0.4 is 5.32 Å². The maximum atomic E-state index is 5.33. The van der Waals surface area contributed by atoms with Gasteiger partial charge in [-0.2, -0.15) is 5.10 Å². The molecule has 1 heterocycles. The first-order valence-corrected chi connectivity index (χ1v) is 7.05. The monoisotopic (exact) mass is 273 g/mol. The highest BCUT2D eigenvalue weighted by Crippen LogP contribution is 2.22. The van der Waals surface area contributed by atoms with Gasteiger partial charge in [0, 0.05) is 19.3 Å². The third-order valence-corrected chi connectivity index (χ3v) is 3.64. The van der Waals surface area contributed by atoms with Gasteiger partial charge in [0.2, 0.25) is 0 Å². The Morgan fingerprint density at radius 3 is 2.60 bits per heavy atom. The van der Waals surface area contributed by atoms with Crippen molar-refractivity contribution >= 4 is 0 Å². The van der Waals surface area contributed by atoms with E-state index in [4.69, 9.17) is 4.74 Å². The number of ether oxygens (including phenoxy) is 1. The molecule has 1 aromatic heterocycles. The van der Waals surface area contributed by atoms with E-state index >= 15 is 0 Å². The minimum atomic E-state index is 0.273. The average molecular weight is 273 g/mol. The lowest BCUT2D eigenvalue weighted by molar-refractivity contribution is 0.106. The summed E-state index contributed by atoms with van der Waals surface area (Å²) < 4.78 is 7.33. The smallest absolute Gasteiger partial charge is 0.0649 e. The lowest BCUT2D eigenvalue weighted by Gasteiger charge is -2.19. The number of aromatic nitrogens is 2. The van der Waals surface area contributed by atoms with Crippen LogP contribution in [0.25, 0.3) is 5.69 Å². The van der Waals surface area contributed by atoms with Gasteiger partial charge in [-0.3, -0.25) is 0 Å². The Labute approximate surface area is 120 Å². The molecule has 0 aliphatic rings. The Morgan fingerprint density at radius 1 is 1.20 bits per heavy atom. The largest absolute Gasteiger partial charge is 0.382 e. The highest BCUT2D eigenvalue weighted by Gasteiger charge is 2.16. The summed E-state index contributed by atoms with van der Waals surface area (Å²) in [5.41, 5.74) is 2.27. The molecule has 4 nitrogen and oxygen atoms in total. The fourth-order valence-corrected chi connectivity index (χ4v) is 2.32. The molecule has 1 N–H and O–H groups in total. The number of hydrogen-bond acceptors (Lipinski definition) is 3. The predicted molar refractivity (Wildman–Crippen MR) is 81.1 cm³/mol. The number of para-hydroxylation sites is 1. The third-order valence-electron chi connectivity index (χ3n) is 3.64. The SMILES string of the molecule is CNC(CCC(C)OC)c1ccnn1-c1ccccc1.